The summed E-state index contributed by atoms with van der Waals surface area (Å²) in [5, 5.41) is 1.99. The zero-order valence-corrected chi connectivity index (χ0v) is 20.3. The van der Waals surface area contributed by atoms with Crippen molar-refractivity contribution in [2.45, 2.75) is 57.7 Å². The van der Waals surface area contributed by atoms with Crippen molar-refractivity contribution in [2.24, 2.45) is 0 Å². The van der Waals surface area contributed by atoms with Crippen molar-refractivity contribution in [1.29, 1.82) is 0 Å². The van der Waals surface area contributed by atoms with E-state index in [1.54, 1.807) is 4.57 Å². The quantitative estimate of drug-likeness (QED) is 0.410. The molecule has 0 N–H and O–H groups in total. The van der Waals surface area contributed by atoms with E-state index in [2.05, 4.69) is 61.4 Å². The highest BCUT2D eigenvalue weighted by Crippen LogP contribution is 2.40. The molecule has 0 bridgehead atoms. The lowest BCUT2D eigenvalue weighted by Crippen LogP contribution is -2.26. The smallest absolute Gasteiger partial charge is 0.262 e. The van der Waals surface area contributed by atoms with Gasteiger partial charge in [0.2, 0.25) is 0 Å². The fraction of sp³-hybridized carbons (Fsp3) is 0.375. The minimum atomic E-state index is -1.37. The molecule has 152 valence electrons. The van der Waals surface area contributed by atoms with E-state index in [4.69, 9.17) is 4.43 Å². The van der Waals surface area contributed by atoms with Crippen LogP contribution < -0.4 is 5.56 Å². The van der Waals surface area contributed by atoms with Crippen LogP contribution >= 0.6 is 15.9 Å². The highest BCUT2D eigenvalue weighted by molar-refractivity contribution is 9.10. The van der Waals surface area contributed by atoms with Crippen LogP contribution in [-0.4, -0.2) is 13.6 Å². The number of fused-ring (bicyclic) bond motifs is 1. The molecule has 0 saturated heterocycles. The molecular formula is C24H28BrNO2Si. The van der Waals surface area contributed by atoms with Crippen molar-refractivity contribution >= 4 is 35.7 Å². The van der Waals surface area contributed by atoms with Crippen LogP contribution in [0, 0.1) is 0 Å². The molecule has 0 radical (unpaired) electrons. The topological polar surface area (TPSA) is 31.2 Å². The van der Waals surface area contributed by atoms with E-state index in [-0.39, 0.29) is 10.6 Å². The maximum absolute atomic E-state index is 13.3. The molecule has 3 nitrogen and oxygen atoms in total. The highest BCUT2D eigenvalue weighted by atomic mass is 79.9. The van der Waals surface area contributed by atoms with Crippen LogP contribution in [0.25, 0.3) is 16.5 Å². The lowest BCUT2D eigenvalue weighted by molar-refractivity contribution is 0.293. The summed E-state index contributed by atoms with van der Waals surface area (Å²) in [5.74, 6) is 0.685. The number of rotatable bonds is 5. The van der Waals surface area contributed by atoms with Gasteiger partial charge in [-0.3, -0.25) is 9.36 Å². The van der Waals surface area contributed by atoms with Gasteiger partial charge in [0.05, 0.1) is 12.3 Å². The number of pyridine rings is 1. The van der Waals surface area contributed by atoms with E-state index in [9.17, 15) is 4.79 Å². The lowest BCUT2D eigenvalue weighted by Gasteiger charge is -2.26. The third-order valence-electron chi connectivity index (χ3n) is 6.03. The number of hydrogen-bond acceptors (Lipinski definition) is 2. The minimum absolute atomic E-state index is 0.0188. The molecule has 3 aromatic rings. The molecule has 0 amide bonds. The van der Waals surface area contributed by atoms with Gasteiger partial charge < -0.3 is 4.43 Å². The molecule has 0 aliphatic heterocycles. The summed E-state index contributed by atoms with van der Waals surface area (Å²) in [5.41, 5.74) is 3.28. The van der Waals surface area contributed by atoms with Gasteiger partial charge in [-0.2, -0.15) is 0 Å². The van der Waals surface area contributed by atoms with Crippen molar-refractivity contribution < 1.29 is 4.43 Å². The van der Waals surface area contributed by atoms with Crippen molar-refractivity contribution in [1.82, 2.24) is 4.57 Å². The Kier molecular flexibility index (Phi) is 5.57. The van der Waals surface area contributed by atoms with E-state index < -0.39 is 9.04 Å². The third kappa shape index (κ3) is 4.27. The highest BCUT2D eigenvalue weighted by Gasteiger charge is 2.25. The van der Waals surface area contributed by atoms with Gasteiger partial charge in [-0.25, -0.2) is 0 Å². The zero-order valence-electron chi connectivity index (χ0n) is 17.5. The predicted octanol–water partition coefficient (Wildman–Crippen LogP) is 6.30. The van der Waals surface area contributed by atoms with Crippen molar-refractivity contribution in [3.8, 4) is 5.69 Å². The number of nitrogens with zero attached hydrogens (tertiary/aromatic N) is 1. The normalized spacial score (nSPS) is 15.6. The first-order chi connectivity index (χ1) is 13.8. The number of halogens is 1. The Morgan fingerprint density at radius 3 is 2.62 bits per heavy atom. The first-order valence-corrected chi connectivity index (χ1v) is 13.3. The average Bonchev–Trinajstić information content (AvgIpc) is 3.51. The maximum Gasteiger partial charge on any atom is 0.262 e. The summed E-state index contributed by atoms with van der Waals surface area (Å²) in [7, 11) is -1.37. The second kappa shape index (κ2) is 7.86. The van der Waals surface area contributed by atoms with Gasteiger partial charge in [0, 0.05) is 21.6 Å². The van der Waals surface area contributed by atoms with Crippen LogP contribution in [0.1, 0.15) is 50.7 Å². The molecule has 1 fully saturated rings. The molecular weight excluding hydrogens is 442 g/mol. The van der Waals surface area contributed by atoms with Crippen LogP contribution in [0.2, 0.25) is 11.6 Å². The molecule has 1 aliphatic rings. The van der Waals surface area contributed by atoms with Crippen molar-refractivity contribution in [2.75, 3.05) is 0 Å². The van der Waals surface area contributed by atoms with Crippen LogP contribution in [0.4, 0.5) is 0 Å². The molecule has 2 aromatic carbocycles. The molecule has 1 aromatic heterocycles. The van der Waals surface area contributed by atoms with E-state index in [0.717, 1.165) is 26.5 Å². The Bertz CT molecular complexity index is 1110. The molecule has 5 heteroatoms. The molecule has 1 aliphatic carbocycles. The fourth-order valence-electron chi connectivity index (χ4n) is 3.50. The Labute approximate surface area is 182 Å². The Hall–Kier alpha value is -1.69. The van der Waals surface area contributed by atoms with Crippen LogP contribution in [0.5, 0.6) is 0 Å². The van der Waals surface area contributed by atoms with Crippen LogP contribution in [0.3, 0.4) is 0 Å². The van der Waals surface area contributed by atoms with E-state index in [1.807, 2.05) is 30.5 Å². The van der Waals surface area contributed by atoms with Crippen LogP contribution in [0.15, 0.2) is 57.9 Å². The summed E-state index contributed by atoms with van der Waals surface area (Å²) >= 11 is 3.67. The van der Waals surface area contributed by atoms with Crippen LogP contribution in [-0.2, 0) is 11.0 Å². The van der Waals surface area contributed by atoms with Gasteiger partial charge in [0.15, 0.2) is 9.04 Å². The van der Waals surface area contributed by atoms with E-state index in [0.29, 0.717) is 12.5 Å². The van der Waals surface area contributed by atoms with Gasteiger partial charge >= 0.3 is 0 Å². The Morgan fingerprint density at radius 2 is 1.93 bits per heavy atom. The summed E-state index contributed by atoms with van der Waals surface area (Å²) in [4.78, 5) is 13.3. The Balaban J connectivity index is 1.73. The fourth-order valence-corrected chi connectivity index (χ4v) is 4.89. The van der Waals surface area contributed by atoms with Gasteiger partial charge in [0.25, 0.3) is 5.56 Å². The van der Waals surface area contributed by atoms with Gasteiger partial charge in [-0.05, 0) is 65.6 Å². The monoisotopic (exact) mass is 469 g/mol. The second-order valence-corrected chi connectivity index (χ2v) is 13.4. The second-order valence-electron chi connectivity index (χ2n) is 9.17. The number of aromatic nitrogens is 1. The van der Waals surface area contributed by atoms with Gasteiger partial charge in [-0.1, -0.05) is 54.9 Å². The molecule has 1 unspecified atom stereocenters. The van der Waals surface area contributed by atoms with Crippen molar-refractivity contribution in [3.05, 3.63) is 74.6 Å². The number of hydrogen-bond donors (Lipinski definition) is 0. The summed E-state index contributed by atoms with van der Waals surface area (Å²) in [6.07, 6.45) is 4.43. The van der Waals surface area contributed by atoms with E-state index in [1.165, 1.54) is 18.4 Å². The maximum atomic E-state index is 13.3. The molecule has 1 saturated carbocycles. The molecule has 1 atom stereocenters. The van der Waals surface area contributed by atoms with Gasteiger partial charge in [-0.15, -0.1) is 0 Å². The first kappa shape index (κ1) is 20.6. The largest absolute Gasteiger partial charge is 0.415 e. The lowest BCUT2D eigenvalue weighted by atomic mass is 10.1. The van der Waals surface area contributed by atoms with E-state index >= 15 is 0 Å². The molecule has 1 heterocycles. The minimum Gasteiger partial charge on any atom is -0.415 e. The third-order valence-corrected chi connectivity index (χ3v) is 9.88. The SMILES string of the molecule is C[SiH](OCc1c(Br)cccc1-n1ccc2cc(C3CC3)ccc2c1=O)C(C)(C)C. The summed E-state index contributed by atoms with van der Waals surface area (Å²) in [6, 6.07) is 14.3. The zero-order chi connectivity index (χ0) is 20.8. The average molecular weight is 470 g/mol. The standard InChI is InChI=1S/C24H28BrNO2Si/c1-24(2,3)29(4)28-15-20-21(25)6-5-7-22(20)26-13-12-18-14-17(16-8-9-16)10-11-19(18)23(26)27/h5-7,10-14,16,29H,8-9,15H2,1-4H3. The first-order valence-electron chi connectivity index (χ1n) is 10.3. The predicted molar refractivity (Wildman–Crippen MR) is 127 cm³/mol. The van der Waals surface area contributed by atoms with Gasteiger partial charge in [0.1, 0.15) is 0 Å². The van der Waals surface area contributed by atoms with Crippen molar-refractivity contribution in [3.63, 3.8) is 0 Å². The molecule has 4 rings (SSSR count). The molecule has 29 heavy (non-hydrogen) atoms. The molecule has 0 spiro atoms. The number of benzene rings is 2. The Morgan fingerprint density at radius 1 is 1.17 bits per heavy atom. The summed E-state index contributed by atoms with van der Waals surface area (Å²) in [6.45, 7) is 9.43. The summed E-state index contributed by atoms with van der Waals surface area (Å²) < 4.78 is 9.03.